The number of likely N-dealkylation sites (N-methyl/N-ethyl adjacent to an activating group) is 1. The molecule has 1 atom stereocenters. The summed E-state index contributed by atoms with van der Waals surface area (Å²) in [6, 6.07) is -0.0923. The van der Waals surface area contributed by atoms with Gasteiger partial charge in [0, 0.05) is 0 Å². The maximum Gasteiger partial charge on any atom is 0.234 e. The molecule has 3 nitrogen and oxygen atoms in total. The fourth-order valence-corrected chi connectivity index (χ4v) is 2.19. The van der Waals surface area contributed by atoms with Crippen molar-refractivity contribution < 1.29 is 4.79 Å². The van der Waals surface area contributed by atoms with Gasteiger partial charge < -0.3 is 11.1 Å². The second-order valence-electron chi connectivity index (χ2n) is 3.84. The summed E-state index contributed by atoms with van der Waals surface area (Å²) in [6.07, 6.45) is 6.12. The Kier molecular flexibility index (Phi) is 4.22. The molecular weight excluding hydrogens is 164 g/mol. The summed E-state index contributed by atoms with van der Waals surface area (Å²) in [7, 11) is 0. The number of nitrogens with two attached hydrogens (primary N) is 1. The lowest BCUT2D eigenvalue weighted by Crippen LogP contribution is -2.47. The minimum atomic E-state index is -0.186. The van der Waals surface area contributed by atoms with E-state index in [9.17, 15) is 4.79 Å². The standard InChI is InChI=1S/C10H20N2O/c1-2-12-9(10(11)13)8-6-4-3-5-7-8/h8-9,12H,2-7H2,1H3,(H2,11,13)/t9-/m0/s1. The Bertz CT molecular complexity index is 164. The van der Waals surface area contributed by atoms with Crippen LogP contribution in [0.2, 0.25) is 0 Å². The summed E-state index contributed by atoms with van der Waals surface area (Å²) in [4.78, 5) is 11.1. The molecule has 13 heavy (non-hydrogen) atoms. The van der Waals surface area contributed by atoms with Crippen LogP contribution >= 0.6 is 0 Å². The molecule has 0 spiro atoms. The molecule has 1 amide bonds. The molecule has 0 aromatic carbocycles. The summed E-state index contributed by atoms with van der Waals surface area (Å²) in [5, 5.41) is 3.18. The van der Waals surface area contributed by atoms with Crippen LogP contribution in [0.5, 0.6) is 0 Å². The fourth-order valence-electron chi connectivity index (χ4n) is 2.19. The average Bonchev–Trinajstić information content (AvgIpc) is 2.15. The van der Waals surface area contributed by atoms with Crippen LogP contribution in [0, 0.1) is 5.92 Å². The highest BCUT2D eigenvalue weighted by atomic mass is 16.1. The van der Waals surface area contributed by atoms with Crippen molar-refractivity contribution >= 4 is 5.91 Å². The minimum Gasteiger partial charge on any atom is -0.368 e. The van der Waals surface area contributed by atoms with E-state index in [0.29, 0.717) is 5.92 Å². The Morgan fingerprint density at radius 2 is 2.08 bits per heavy atom. The maximum atomic E-state index is 11.1. The smallest absolute Gasteiger partial charge is 0.234 e. The number of amides is 1. The molecule has 0 aliphatic heterocycles. The number of hydrogen-bond donors (Lipinski definition) is 2. The molecule has 1 aliphatic rings. The molecule has 0 aromatic heterocycles. The predicted molar refractivity (Wildman–Crippen MR) is 53.2 cm³/mol. The van der Waals surface area contributed by atoms with E-state index >= 15 is 0 Å². The van der Waals surface area contributed by atoms with Crippen molar-refractivity contribution in [3.63, 3.8) is 0 Å². The summed E-state index contributed by atoms with van der Waals surface area (Å²) in [5.41, 5.74) is 5.35. The molecule has 0 bridgehead atoms. The number of carbonyl (C=O) groups is 1. The van der Waals surface area contributed by atoms with Gasteiger partial charge in [0.15, 0.2) is 0 Å². The summed E-state index contributed by atoms with van der Waals surface area (Å²) in [6.45, 7) is 2.84. The lowest BCUT2D eigenvalue weighted by molar-refractivity contribution is -0.121. The Morgan fingerprint density at radius 3 is 2.54 bits per heavy atom. The van der Waals surface area contributed by atoms with Crippen LogP contribution in [0.3, 0.4) is 0 Å². The van der Waals surface area contributed by atoms with Crippen molar-refractivity contribution in [1.82, 2.24) is 5.32 Å². The molecule has 3 N–H and O–H groups in total. The van der Waals surface area contributed by atoms with Gasteiger partial charge in [-0.05, 0) is 25.3 Å². The van der Waals surface area contributed by atoms with Crippen LogP contribution in [-0.2, 0) is 4.79 Å². The maximum absolute atomic E-state index is 11.1. The average molecular weight is 184 g/mol. The number of carbonyl (C=O) groups excluding carboxylic acids is 1. The number of nitrogens with one attached hydrogen (secondary N) is 1. The quantitative estimate of drug-likeness (QED) is 0.685. The van der Waals surface area contributed by atoms with E-state index in [1.54, 1.807) is 0 Å². The van der Waals surface area contributed by atoms with Crippen LogP contribution in [0.25, 0.3) is 0 Å². The van der Waals surface area contributed by atoms with Gasteiger partial charge in [0.2, 0.25) is 5.91 Å². The molecule has 0 unspecified atom stereocenters. The zero-order valence-electron chi connectivity index (χ0n) is 8.38. The summed E-state index contributed by atoms with van der Waals surface area (Å²) in [5.74, 6) is 0.292. The van der Waals surface area contributed by atoms with Crippen molar-refractivity contribution in [3.8, 4) is 0 Å². The van der Waals surface area contributed by atoms with Crippen LogP contribution in [0.15, 0.2) is 0 Å². The van der Waals surface area contributed by atoms with Gasteiger partial charge in [-0.2, -0.15) is 0 Å². The summed E-state index contributed by atoms with van der Waals surface area (Å²) >= 11 is 0. The number of rotatable bonds is 4. The molecule has 0 aromatic rings. The zero-order valence-corrected chi connectivity index (χ0v) is 8.38. The molecule has 76 valence electrons. The Labute approximate surface area is 80.1 Å². The van der Waals surface area contributed by atoms with Gasteiger partial charge in [-0.1, -0.05) is 26.2 Å². The first-order chi connectivity index (χ1) is 6.25. The molecule has 3 heteroatoms. The van der Waals surface area contributed by atoms with Crippen LogP contribution in [0.1, 0.15) is 39.0 Å². The third-order valence-electron chi connectivity index (χ3n) is 2.85. The van der Waals surface area contributed by atoms with Crippen molar-refractivity contribution in [3.05, 3.63) is 0 Å². The lowest BCUT2D eigenvalue weighted by Gasteiger charge is -2.28. The highest BCUT2D eigenvalue weighted by Gasteiger charge is 2.26. The summed E-state index contributed by atoms with van der Waals surface area (Å²) < 4.78 is 0. The fraction of sp³-hybridized carbons (Fsp3) is 0.900. The van der Waals surface area contributed by atoms with Gasteiger partial charge >= 0.3 is 0 Å². The Balaban J connectivity index is 2.46. The van der Waals surface area contributed by atoms with Crippen molar-refractivity contribution in [2.75, 3.05) is 6.54 Å². The Morgan fingerprint density at radius 1 is 1.46 bits per heavy atom. The zero-order chi connectivity index (χ0) is 9.68. The van der Waals surface area contributed by atoms with E-state index < -0.39 is 0 Å². The molecule has 1 aliphatic carbocycles. The largest absolute Gasteiger partial charge is 0.368 e. The number of primary amides is 1. The van der Waals surface area contributed by atoms with E-state index in [2.05, 4.69) is 5.32 Å². The van der Waals surface area contributed by atoms with E-state index in [1.807, 2.05) is 6.92 Å². The monoisotopic (exact) mass is 184 g/mol. The van der Waals surface area contributed by atoms with Crippen molar-refractivity contribution in [2.24, 2.45) is 11.7 Å². The third kappa shape index (κ3) is 2.99. The molecular formula is C10H20N2O. The molecule has 0 heterocycles. The van der Waals surface area contributed by atoms with E-state index in [-0.39, 0.29) is 11.9 Å². The molecule has 1 rings (SSSR count). The minimum absolute atomic E-state index is 0.0923. The third-order valence-corrected chi connectivity index (χ3v) is 2.85. The normalized spacial score (nSPS) is 21.3. The van der Waals surface area contributed by atoms with E-state index in [0.717, 1.165) is 19.4 Å². The van der Waals surface area contributed by atoms with Crippen molar-refractivity contribution in [2.45, 2.75) is 45.1 Å². The van der Waals surface area contributed by atoms with Gasteiger partial charge in [-0.3, -0.25) is 4.79 Å². The van der Waals surface area contributed by atoms with Gasteiger partial charge in [0.1, 0.15) is 0 Å². The number of hydrogen-bond acceptors (Lipinski definition) is 2. The van der Waals surface area contributed by atoms with E-state index in [1.165, 1.54) is 19.3 Å². The van der Waals surface area contributed by atoms with Crippen LogP contribution < -0.4 is 11.1 Å². The van der Waals surface area contributed by atoms with Gasteiger partial charge in [-0.15, -0.1) is 0 Å². The predicted octanol–water partition coefficient (Wildman–Crippen LogP) is 1.03. The first kappa shape index (κ1) is 10.5. The second kappa shape index (κ2) is 5.22. The topological polar surface area (TPSA) is 55.1 Å². The highest BCUT2D eigenvalue weighted by molar-refractivity contribution is 5.80. The first-order valence-electron chi connectivity index (χ1n) is 5.28. The first-order valence-corrected chi connectivity index (χ1v) is 5.28. The van der Waals surface area contributed by atoms with Gasteiger partial charge in [-0.25, -0.2) is 0 Å². The molecule has 0 radical (unpaired) electrons. The molecule has 1 fully saturated rings. The second-order valence-corrected chi connectivity index (χ2v) is 3.84. The SMILES string of the molecule is CCN[C@H](C(N)=O)C1CCCCC1. The molecule has 0 saturated heterocycles. The van der Waals surface area contributed by atoms with Crippen LogP contribution in [0.4, 0.5) is 0 Å². The highest BCUT2D eigenvalue weighted by Crippen LogP contribution is 2.26. The molecule has 1 saturated carbocycles. The van der Waals surface area contributed by atoms with Gasteiger partial charge in [0.25, 0.3) is 0 Å². The van der Waals surface area contributed by atoms with E-state index in [4.69, 9.17) is 5.73 Å². The lowest BCUT2D eigenvalue weighted by atomic mass is 9.83. The van der Waals surface area contributed by atoms with Crippen molar-refractivity contribution in [1.29, 1.82) is 0 Å². The van der Waals surface area contributed by atoms with Crippen LogP contribution in [-0.4, -0.2) is 18.5 Å². The Hall–Kier alpha value is -0.570. The van der Waals surface area contributed by atoms with Gasteiger partial charge in [0.05, 0.1) is 6.04 Å².